The van der Waals surface area contributed by atoms with Crippen LogP contribution in [0.2, 0.25) is 5.02 Å². The number of halogens is 1. The van der Waals surface area contributed by atoms with Gasteiger partial charge in [0.1, 0.15) is 0 Å². The predicted octanol–water partition coefficient (Wildman–Crippen LogP) is 4.16. The van der Waals surface area contributed by atoms with Gasteiger partial charge in [0.25, 0.3) is 0 Å². The number of aromatic nitrogens is 1. The molecule has 1 N–H and O–H groups in total. The first kappa shape index (κ1) is 12.0. The molecule has 1 heterocycles. The van der Waals surface area contributed by atoms with Gasteiger partial charge < -0.3 is 4.98 Å². The molecule has 3 heteroatoms. The first-order chi connectivity index (χ1) is 9.18. The summed E-state index contributed by atoms with van der Waals surface area (Å²) in [4.78, 5) is 15.7. The number of fused-ring (bicyclic) bond motifs is 1. The molecule has 94 valence electrons. The Balaban J connectivity index is 2.41. The van der Waals surface area contributed by atoms with Crippen molar-refractivity contribution in [3.8, 4) is 11.3 Å². The quantitative estimate of drug-likeness (QED) is 0.707. The molecule has 0 saturated carbocycles. The second kappa shape index (κ2) is 4.56. The third kappa shape index (κ3) is 1.94. The molecule has 0 amide bonds. The summed E-state index contributed by atoms with van der Waals surface area (Å²) in [7, 11) is 0. The number of pyridine rings is 1. The van der Waals surface area contributed by atoms with Crippen molar-refractivity contribution in [2.75, 3.05) is 0 Å². The average Bonchev–Trinajstić information content (AvgIpc) is 2.43. The van der Waals surface area contributed by atoms with E-state index in [4.69, 9.17) is 11.6 Å². The van der Waals surface area contributed by atoms with E-state index in [1.165, 1.54) is 0 Å². The van der Waals surface area contributed by atoms with Gasteiger partial charge in [0.15, 0.2) is 5.43 Å². The summed E-state index contributed by atoms with van der Waals surface area (Å²) in [6, 6.07) is 15.3. The molecule has 0 aliphatic carbocycles. The molecule has 0 aliphatic heterocycles. The Bertz CT molecular complexity index is 806. The Hall–Kier alpha value is -2.06. The Morgan fingerprint density at radius 3 is 2.47 bits per heavy atom. The Kier molecular flexibility index (Phi) is 2.88. The zero-order chi connectivity index (χ0) is 13.4. The standard InChI is InChI=1S/C16H12ClNO/c1-10-15(11-6-3-2-4-7-11)18-13-9-5-8-12(17)14(13)16(10)19/h2-9H,1H3,(H,18,19). The van der Waals surface area contributed by atoms with E-state index in [0.717, 1.165) is 16.8 Å². The lowest BCUT2D eigenvalue weighted by Gasteiger charge is -2.09. The van der Waals surface area contributed by atoms with E-state index in [9.17, 15) is 4.79 Å². The Morgan fingerprint density at radius 1 is 1.00 bits per heavy atom. The van der Waals surface area contributed by atoms with E-state index in [2.05, 4.69) is 4.98 Å². The van der Waals surface area contributed by atoms with Crippen LogP contribution in [0, 0.1) is 6.92 Å². The molecule has 0 saturated heterocycles. The summed E-state index contributed by atoms with van der Waals surface area (Å²) in [5.74, 6) is 0. The normalized spacial score (nSPS) is 10.8. The zero-order valence-electron chi connectivity index (χ0n) is 10.4. The maximum atomic E-state index is 12.4. The summed E-state index contributed by atoms with van der Waals surface area (Å²) in [6.45, 7) is 1.82. The second-order valence-electron chi connectivity index (χ2n) is 4.48. The van der Waals surface area contributed by atoms with Crippen LogP contribution < -0.4 is 5.43 Å². The lowest BCUT2D eigenvalue weighted by Crippen LogP contribution is -2.09. The SMILES string of the molecule is Cc1c(-c2ccccc2)[nH]c2cccc(Cl)c2c1=O. The van der Waals surface area contributed by atoms with Crippen LogP contribution in [0.25, 0.3) is 22.2 Å². The molecular weight excluding hydrogens is 258 g/mol. The molecule has 0 unspecified atom stereocenters. The van der Waals surface area contributed by atoms with Crippen LogP contribution in [0.4, 0.5) is 0 Å². The molecule has 0 atom stereocenters. The second-order valence-corrected chi connectivity index (χ2v) is 4.89. The van der Waals surface area contributed by atoms with E-state index in [0.29, 0.717) is 16.0 Å². The van der Waals surface area contributed by atoms with Crippen LogP contribution in [-0.2, 0) is 0 Å². The van der Waals surface area contributed by atoms with E-state index in [1.54, 1.807) is 6.07 Å². The van der Waals surface area contributed by atoms with Crippen molar-refractivity contribution in [2.45, 2.75) is 6.92 Å². The number of aromatic amines is 1. The van der Waals surface area contributed by atoms with Gasteiger partial charge in [0, 0.05) is 5.56 Å². The largest absolute Gasteiger partial charge is 0.354 e. The van der Waals surface area contributed by atoms with Crippen molar-refractivity contribution in [3.63, 3.8) is 0 Å². The highest BCUT2D eigenvalue weighted by Crippen LogP contribution is 2.25. The van der Waals surface area contributed by atoms with Crippen LogP contribution in [0.5, 0.6) is 0 Å². The van der Waals surface area contributed by atoms with Crippen molar-refractivity contribution in [2.24, 2.45) is 0 Å². The van der Waals surface area contributed by atoms with Crippen molar-refractivity contribution >= 4 is 22.5 Å². The molecule has 0 fully saturated rings. The molecule has 3 rings (SSSR count). The highest BCUT2D eigenvalue weighted by atomic mass is 35.5. The minimum atomic E-state index is -0.0156. The minimum absolute atomic E-state index is 0.0156. The van der Waals surface area contributed by atoms with E-state index < -0.39 is 0 Å². The van der Waals surface area contributed by atoms with Crippen LogP contribution >= 0.6 is 11.6 Å². The summed E-state index contributed by atoms with van der Waals surface area (Å²) in [5, 5.41) is 1.04. The molecule has 19 heavy (non-hydrogen) atoms. The third-order valence-corrected chi connectivity index (χ3v) is 3.59. The Morgan fingerprint density at radius 2 is 1.74 bits per heavy atom. The number of nitrogens with one attached hydrogen (secondary N) is 1. The van der Waals surface area contributed by atoms with E-state index in [-0.39, 0.29) is 5.43 Å². The number of H-pyrrole nitrogens is 1. The third-order valence-electron chi connectivity index (χ3n) is 3.28. The first-order valence-electron chi connectivity index (χ1n) is 6.05. The molecule has 0 radical (unpaired) electrons. The maximum absolute atomic E-state index is 12.4. The van der Waals surface area contributed by atoms with Gasteiger partial charge in [-0.15, -0.1) is 0 Å². The highest BCUT2D eigenvalue weighted by Gasteiger charge is 2.11. The van der Waals surface area contributed by atoms with Crippen LogP contribution in [0.1, 0.15) is 5.56 Å². The fraction of sp³-hybridized carbons (Fsp3) is 0.0625. The van der Waals surface area contributed by atoms with Gasteiger partial charge in [-0.1, -0.05) is 48.0 Å². The van der Waals surface area contributed by atoms with Crippen molar-refractivity contribution in [3.05, 3.63) is 69.3 Å². The number of hydrogen-bond donors (Lipinski definition) is 1. The minimum Gasteiger partial charge on any atom is -0.354 e. The lowest BCUT2D eigenvalue weighted by atomic mass is 10.0. The summed E-state index contributed by atoms with van der Waals surface area (Å²) < 4.78 is 0. The van der Waals surface area contributed by atoms with Gasteiger partial charge in [-0.05, 0) is 24.6 Å². The van der Waals surface area contributed by atoms with Crippen molar-refractivity contribution in [1.29, 1.82) is 0 Å². The lowest BCUT2D eigenvalue weighted by molar-refractivity contribution is 1.30. The monoisotopic (exact) mass is 269 g/mol. The van der Waals surface area contributed by atoms with Gasteiger partial charge in [-0.3, -0.25) is 4.79 Å². The van der Waals surface area contributed by atoms with Crippen LogP contribution in [0.15, 0.2) is 53.3 Å². The van der Waals surface area contributed by atoms with Gasteiger partial charge in [-0.25, -0.2) is 0 Å². The van der Waals surface area contributed by atoms with Crippen molar-refractivity contribution in [1.82, 2.24) is 4.98 Å². The van der Waals surface area contributed by atoms with Gasteiger partial charge in [0.2, 0.25) is 0 Å². The number of hydrogen-bond acceptors (Lipinski definition) is 1. The van der Waals surface area contributed by atoms with E-state index >= 15 is 0 Å². The van der Waals surface area contributed by atoms with Gasteiger partial charge >= 0.3 is 0 Å². The fourth-order valence-corrected chi connectivity index (χ4v) is 2.54. The number of benzene rings is 2. The average molecular weight is 270 g/mol. The highest BCUT2D eigenvalue weighted by molar-refractivity contribution is 6.35. The van der Waals surface area contributed by atoms with Gasteiger partial charge in [-0.2, -0.15) is 0 Å². The maximum Gasteiger partial charge on any atom is 0.194 e. The Labute approximate surface area is 115 Å². The molecule has 0 spiro atoms. The number of rotatable bonds is 1. The van der Waals surface area contributed by atoms with E-state index in [1.807, 2.05) is 49.4 Å². The molecular formula is C16H12ClNO. The smallest absolute Gasteiger partial charge is 0.194 e. The van der Waals surface area contributed by atoms with Crippen LogP contribution in [0.3, 0.4) is 0 Å². The summed E-state index contributed by atoms with van der Waals surface area (Å²) in [6.07, 6.45) is 0. The molecule has 1 aromatic heterocycles. The molecule has 0 bridgehead atoms. The first-order valence-corrected chi connectivity index (χ1v) is 6.43. The summed E-state index contributed by atoms with van der Waals surface area (Å²) in [5.41, 5.74) is 3.28. The van der Waals surface area contributed by atoms with Crippen LogP contribution in [-0.4, -0.2) is 4.98 Å². The van der Waals surface area contributed by atoms with Crippen molar-refractivity contribution < 1.29 is 0 Å². The molecule has 2 nitrogen and oxygen atoms in total. The van der Waals surface area contributed by atoms with Gasteiger partial charge in [0.05, 0.1) is 21.6 Å². The zero-order valence-corrected chi connectivity index (χ0v) is 11.2. The molecule has 2 aromatic carbocycles. The summed E-state index contributed by atoms with van der Waals surface area (Å²) >= 11 is 6.11. The fourth-order valence-electron chi connectivity index (χ4n) is 2.28. The predicted molar refractivity (Wildman–Crippen MR) is 79.8 cm³/mol. The topological polar surface area (TPSA) is 32.9 Å². The molecule has 3 aromatic rings. The molecule has 0 aliphatic rings.